The monoisotopic (exact) mass is 810 g/mol. The lowest BCUT2D eigenvalue weighted by atomic mass is 9.70. The summed E-state index contributed by atoms with van der Waals surface area (Å²) >= 11 is 0. The van der Waals surface area contributed by atoms with E-state index in [9.17, 15) is 0 Å². The van der Waals surface area contributed by atoms with Gasteiger partial charge >= 0.3 is 0 Å². The molecular weight excluding hydrogens is 761 g/mol. The van der Waals surface area contributed by atoms with Crippen LogP contribution in [0.4, 0.5) is 22.7 Å². The summed E-state index contributed by atoms with van der Waals surface area (Å²) in [5.41, 5.74) is 25.4. The number of anilines is 4. The van der Waals surface area contributed by atoms with Crippen LogP contribution in [-0.2, 0) is 16.2 Å². The van der Waals surface area contributed by atoms with E-state index in [4.69, 9.17) is 0 Å². The smallest absolute Gasteiger partial charge is 0.0725 e. The molecule has 63 heavy (non-hydrogen) atoms. The number of hydrogen-bond acceptors (Lipinski definition) is 2. The van der Waals surface area contributed by atoms with Crippen LogP contribution in [0, 0.1) is 0 Å². The molecule has 4 aliphatic rings. The van der Waals surface area contributed by atoms with Crippen LogP contribution in [0.5, 0.6) is 0 Å². The van der Waals surface area contributed by atoms with Crippen molar-refractivity contribution >= 4 is 47.1 Å². The molecule has 2 aliphatic heterocycles. The fourth-order valence-corrected chi connectivity index (χ4v) is 11.8. The minimum atomic E-state index is -0.438. The summed E-state index contributed by atoms with van der Waals surface area (Å²) < 4.78 is 0. The van der Waals surface area contributed by atoms with Gasteiger partial charge in [-0.25, -0.2) is 0 Å². The first-order chi connectivity index (χ1) is 30.6. The Morgan fingerprint density at radius 3 is 1.05 bits per heavy atom. The van der Waals surface area contributed by atoms with E-state index in [1.54, 1.807) is 0 Å². The van der Waals surface area contributed by atoms with Gasteiger partial charge in [-0.1, -0.05) is 185 Å². The fraction of sp³-hybridized carbons (Fsp3) is 0.148. The Kier molecular flexibility index (Phi) is 8.01. The van der Waals surface area contributed by atoms with Crippen molar-refractivity contribution in [3.8, 4) is 22.3 Å². The van der Waals surface area contributed by atoms with Crippen LogP contribution in [0.1, 0.15) is 94.5 Å². The predicted octanol–water partition coefficient (Wildman–Crippen LogP) is 15.2. The molecule has 8 aromatic rings. The van der Waals surface area contributed by atoms with Crippen LogP contribution in [-0.4, -0.2) is 14.1 Å². The minimum Gasteiger partial charge on any atom is -0.344 e. The maximum Gasteiger partial charge on any atom is 0.0725 e. The second-order valence-corrected chi connectivity index (χ2v) is 19.1. The van der Waals surface area contributed by atoms with Crippen molar-refractivity contribution in [1.29, 1.82) is 0 Å². The molecule has 0 fully saturated rings. The molecule has 2 nitrogen and oxygen atoms in total. The third-order valence-electron chi connectivity index (χ3n) is 15.1. The summed E-state index contributed by atoms with van der Waals surface area (Å²) in [5, 5.41) is 0. The fourth-order valence-electron chi connectivity index (χ4n) is 11.8. The van der Waals surface area contributed by atoms with E-state index in [1.165, 1.54) is 112 Å². The molecule has 0 N–H and O–H groups in total. The third-order valence-corrected chi connectivity index (χ3v) is 15.1. The Morgan fingerprint density at radius 1 is 0.302 bits per heavy atom. The first-order valence-electron chi connectivity index (χ1n) is 22.4. The highest BCUT2D eigenvalue weighted by atomic mass is 15.1. The van der Waals surface area contributed by atoms with Crippen molar-refractivity contribution in [1.82, 2.24) is 0 Å². The standard InChI is InChI=1S/C61H50N2/c1-59(2)49-19-11-13-21-55(49)62(5)57-37-41(29-33-51(57)59)25-23-39-27-31-45-46-32-28-40(24-26-42-30-34-52-58(38-42)63(6)56-22-14-12-20-50(56)60(52,3)4)36-54(46)61(53(45)35-39)47-17-9-7-15-43(47)44-16-8-10-18-48(44)61/h7-38H,1-6H3/b25-23+,26-24+. The molecule has 2 heteroatoms. The highest BCUT2D eigenvalue weighted by molar-refractivity contribution is 5.96. The molecule has 0 atom stereocenters. The number of para-hydroxylation sites is 2. The second kappa shape index (κ2) is 13.4. The second-order valence-electron chi connectivity index (χ2n) is 19.1. The van der Waals surface area contributed by atoms with Gasteiger partial charge in [0.15, 0.2) is 0 Å². The van der Waals surface area contributed by atoms with E-state index in [-0.39, 0.29) is 10.8 Å². The van der Waals surface area contributed by atoms with Crippen molar-refractivity contribution < 1.29 is 0 Å². The quantitative estimate of drug-likeness (QED) is 0.163. The van der Waals surface area contributed by atoms with E-state index >= 15 is 0 Å². The molecule has 2 aliphatic carbocycles. The molecule has 0 bridgehead atoms. The molecule has 0 aromatic heterocycles. The number of hydrogen-bond donors (Lipinski definition) is 0. The normalized spacial score (nSPS) is 16.3. The first-order valence-corrected chi connectivity index (χ1v) is 22.4. The Labute approximate surface area is 372 Å². The topological polar surface area (TPSA) is 6.48 Å². The zero-order valence-electron chi connectivity index (χ0n) is 36.9. The lowest BCUT2D eigenvalue weighted by molar-refractivity contribution is 0.629. The Bertz CT molecular complexity index is 3060. The van der Waals surface area contributed by atoms with Gasteiger partial charge in [-0.2, -0.15) is 0 Å². The van der Waals surface area contributed by atoms with E-state index < -0.39 is 5.41 Å². The number of benzene rings is 8. The van der Waals surface area contributed by atoms with Gasteiger partial charge in [0.2, 0.25) is 0 Å². The van der Waals surface area contributed by atoms with Crippen molar-refractivity contribution in [2.75, 3.05) is 23.9 Å². The van der Waals surface area contributed by atoms with Crippen LogP contribution in [0.2, 0.25) is 0 Å². The van der Waals surface area contributed by atoms with E-state index in [1.807, 2.05) is 0 Å². The summed E-state index contributed by atoms with van der Waals surface area (Å²) in [7, 11) is 4.40. The molecule has 0 saturated heterocycles. The van der Waals surface area contributed by atoms with Crippen molar-refractivity contribution in [3.05, 3.63) is 237 Å². The maximum atomic E-state index is 2.47. The molecule has 304 valence electrons. The number of fused-ring (bicyclic) bond motifs is 14. The molecule has 0 amide bonds. The van der Waals surface area contributed by atoms with E-state index in [0.29, 0.717) is 0 Å². The zero-order valence-corrected chi connectivity index (χ0v) is 36.9. The maximum absolute atomic E-state index is 2.47. The van der Waals surface area contributed by atoms with Crippen LogP contribution in [0.3, 0.4) is 0 Å². The summed E-state index contributed by atoms with van der Waals surface area (Å²) in [6.07, 6.45) is 9.18. The Morgan fingerprint density at radius 2 is 0.619 bits per heavy atom. The predicted molar refractivity (Wildman–Crippen MR) is 267 cm³/mol. The van der Waals surface area contributed by atoms with Gasteiger partial charge < -0.3 is 9.80 Å². The molecule has 8 aromatic carbocycles. The number of nitrogens with zero attached hydrogens (tertiary/aromatic N) is 2. The van der Waals surface area contributed by atoms with Crippen LogP contribution in [0.15, 0.2) is 170 Å². The average Bonchev–Trinajstić information content (AvgIpc) is 3.78. The van der Waals surface area contributed by atoms with Gasteiger partial charge in [0.05, 0.1) is 5.41 Å². The Balaban J connectivity index is 0.944. The van der Waals surface area contributed by atoms with Gasteiger partial charge in [0, 0.05) is 47.7 Å². The highest BCUT2D eigenvalue weighted by Gasteiger charge is 2.51. The van der Waals surface area contributed by atoms with Gasteiger partial charge in [0.25, 0.3) is 0 Å². The summed E-state index contributed by atoms with van der Waals surface area (Å²) in [5.74, 6) is 0. The Hall–Kier alpha value is -7.16. The SMILES string of the molecule is CN1c2ccccc2C(C)(C)c2ccc(/C=C/c3ccc4c(c3)C3(c5ccccc5-c5ccccc53)c3cc(/C=C/c5ccc6c(c5)N(C)c5ccccc5C6(C)C)ccc3-4)cc21. The van der Waals surface area contributed by atoms with E-state index in [0.717, 1.165) is 0 Å². The first kappa shape index (κ1) is 37.6. The lowest BCUT2D eigenvalue weighted by Crippen LogP contribution is -2.30. The van der Waals surface area contributed by atoms with Gasteiger partial charge in [0.1, 0.15) is 0 Å². The van der Waals surface area contributed by atoms with Gasteiger partial charge in [-0.05, 0) is 125 Å². The van der Waals surface area contributed by atoms with Gasteiger partial charge in [-0.15, -0.1) is 0 Å². The van der Waals surface area contributed by atoms with Crippen molar-refractivity contribution in [2.24, 2.45) is 0 Å². The largest absolute Gasteiger partial charge is 0.344 e. The lowest BCUT2D eigenvalue weighted by Gasteiger charge is -2.40. The number of rotatable bonds is 4. The molecular formula is C61H50N2. The zero-order chi connectivity index (χ0) is 42.8. The molecule has 1 spiro atoms. The highest BCUT2D eigenvalue weighted by Crippen LogP contribution is 2.63. The van der Waals surface area contributed by atoms with Crippen LogP contribution in [0.25, 0.3) is 46.6 Å². The summed E-state index contributed by atoms with van der Waals surface area (Å²) in [6, 6.07) is 64.0. The summed E-state index contributed by atoms with van der Waals surface area (Å²) in [6.45, 7) is 9.38. The molecule has 0 saturated carbocycles. The molecule has 0 radical (unpaired) electrons. The van der Waals surface area contributed by atoms with Crippen molar-refractivity contribution in [2.45, 2.75) is 43.9 Å². The van der Waals surface area contributed by atoms with Crippen LogP contribution < -0.4 is 9.80 Å². The van der Waals surface area contributed by atoms with Crippen molar-refractivity contribution in [3.63, 3.8) is 0 Å². The summed E-state index contributed by atoms with van der Waals surface area (Å²) in [4.78, 5) is 4.71. The molecule has 12 rings (SSSR count). The van der Waals surface area contributed by atoms with E-state index in [2.05, 4.69) is 246 Å². The molecule has 2 heterocycles. The third kappa shape index (κ3) is 5.25. The molecule has 0 unspecified atom stereocenters. The average molecular weight is 811 g/mol. The van der Waals surface area contributed by atoms with Crippen LogP contribution >= 0.6 is 0 Å². The van der Waals surface area contributed by atoms with Gasteiger partial charge in [-0.3, -0.25) is 0 Å². The minimum absolute atomic E-state index is 0.0729.